The lowest BCUT2D eigenvalue weighted by molar-refractivity contribution is -0.127. The normalized spacial score (nSPS) is 24.8. The Labute approximate surface area is 207 Å². The summed E-state index contributed by atoms with van der Waals surface area (Å²) in [6.07, 6.45) is -0.950. The number of benzene rings is 3. The molecule has 3 aliphatic rings. The average Bonchev–Trinajstić information content (AvgIpc) is 3.40. The van der Waals surface area contributed by atoms with Gasteiger partial charge in [0.2, 0.25) is 29.0 Å². The van der Waals surface area contributed by atoms with Crippen LogP contribution in [0.25, 0.3) is 0 Å². The van der Waals surface area contributed by atoms with Crippen LogP contribution in [0.3, 0.4) is 0 Å². The standard InChI is InChI=1S/C26H15BrClNO5/c27-14-7-5-13(6-8-14)21-19-20(25(33)29(24(19)32)16-11-9-15(28)10-12-16)26(34-21)22(30)17-3-1-2-4-18(17)23(26)31/h1-12,19-21H/t19-,20+,21+/m0/s1. The van der Waals surface area contributed by atoms with E-state index < -0.39 is 46.9 Å². The molecule has 2 saturated heterocycles. The van der Waals surface area contributed by atoms with Crippen LogP contribution in [-0.4, -0.2) is 29.0 Å². The van der Waals surface area contributed by atoms with Crippen LogP contribution in [0.1, 0.15) is 32.4 Å². The Morgan fingerprint density at radius 2 is 1.38 bits per heavy atom. The molecule has 2 fully saturated rings. The van der Waals surface area contributed by atoms with Crippen molar-refractivity contribution in [2.75, 3.05) is 4.90 Å². The second kappa shape index (κ2) is 7.43. The molecular formula is C26H15BrClNO5. The van der Waals surface area contributed by atoms with Crippen molar-refractivity contribution in [1.82, 2.24) is 0 Å². The number of halogens is 2. The summed E-state index contributed by atoms with van der Waals surface area (Å²) in [7, 11) is 0. The molecule has 0 bridgehead atoms. The van der Waals surface area contributed by atoms with Crippen LogP contribution < -0.4 is 4.90 Å². The first-order chi connectivity index (χ1) is 16.3. The molecule has 3 atom stereocenters. The fourth-order valence-electron chi connectivity index (χ4n) is 5.32. The highest BCUT2D eigenvalue weighted by atomic mass is 79.9. The third-order valence-electron chi connectivity index (χ3n) is 6.80. The molecule has 2 amide bonds. The second-order valence-corrected chi connectivity index (χ2v) is 9.87. The van der Waals surface area contributed by atoms with E-state index in [1.54, 1.807) is 72.8 Å². The summed E-state index contributed by atoms with van der Waals surface area (Å²) in [6.45, 7) is 0. The fraction of sp³-hybridized carbons (Fsp3) is 0.154. The Bertz CT molecular complexity index is 1370. The molecule has 2 aliphatic heterocycles. The number of hydrogen-bond donors (Lipinski definition) is 0. The minimum atomic E-state index is -2.08. The van der Waals surface area contributed by atoms with Crippen molar-refractivity contribution < 1.29 is 23.9 Å². The zero-order valence-electron chi connectivity index (χ0n) is 17.4. The highest BCUT2D eigenvalue weighted by molar-refractivity contribution is 9.10. The Balaban J connectivity index is 1.54. The van der Waals surface area contributed by atoms with Gasteiger partial charge in [0, 0.05) is 20.6 Å². The van der Waals surface area contributed by atoms with E-state index in [1.807, 2.05) is 0 Å². The van der Waals surface area contributed by atoms with Crippen LogP contribution in [0.2, 0.25) is 5.02 Å². The topological polar surface area (TPSA) is 80.8 Å². The van der Waals surface area contributed by atoms with Crippen molar-refractivity contribution >= 4 is 56.6 Å². The van der Waals surface area contributed by atoms with Crippen LogP contribution in [0.15, 0.2) is 77.3 Å². The molecule has 0 N–H and O–H groups in total. The molecule has 0 aromatic heterocycles. The number of fused-ring (bicyclic) bond motifs is 3. The number of nitrogens with zero attached hydrogens (tertiary/aromatic N) is 1. The van der Waals surface area contributed by atoms with E-state index in [2.05, 4.69) is 15.9 Å². The van der Waals surface area contributed by atoms with Crippen LogP contribution in [0.4, 0.5) is 5.69 Å². The van der Waals surface area contributed by atoms with Gasteiger partial charge in [0.1, 0.15) is 0 Å². The molecule has 0 saturated carbocycles. The summed E-state index contributed by atoms with van der Waals surface area (Å²) >= 11 is 9.38. The lowest BCUT2D eigenvalue weighted by atomic mass is 9.77. The molecule has 1 spiro atoms. The van der Waals surface area contributed by atoms with Gasteiger partial charge in [0.25, 0.3) is 0 Å². The number of hydrogen-bond acceptors (Lipinski definition) is 5. The number of carbonyl (C=O) groups excluding carboxylic acids is 4. The van der Waals surface area contributed by atoms with Gasteiger partial charge in [-0.15, -0.1) is 0 Å². The molecule has 0 unspecified atom stereocenters. The number of carbonyl (C=O) groups is 4. The van der Waals surface area contributed by atoms with Crippen molar-refractivity contribution in [3.8, 4) is 0 Å². The Hall–Kier alpha value is -3.13. The van der Waals surface area contributed by atoms with Gasteiger partial charge in [0.05, 0.1) is 23.6 Å². The number of amides is 2. The monoisotopic (exact) mass is 535 g/mol. The number of ketones is 2. The van der Waals surface area contributed by atoms with Gasteiger partial charge in [-0.3, -0.25) is 19.2 Å². The van der Waals surface area contributed by atoms with Crippen molar-refractivity contribution in [2.45, 2.75) is 11.7 Å². The molecule has 168 valence electrons. The summed E-state index contributed by atoms with van der Waals surface area (Å²) in [5.41, 5.74) is -0.750. The minimum Gasteiger partial charge on any atom is -0.349 e. The van der Waals surface area contributed by atoms with Gasteiger partial charge in [0.15, 0.2) is 0 Å². The minimum absolute atomic E-state index is 0.202. The molecule has 3 aromatic carbocycles. The van der Waals surface area contributed by atoms with Crippen molar-refractivity contribution in [3.05, 3.63) is 99.0 Å². The van der Waals surface area contributed by atoms with E-state index >= 15 is 0 Å². The Morgan fingerprint density at radius 1 is 0.794 bits per heavy atom. The van der Waals surface area contributed by atoms with Crippen LogP contribution >= 0.6 is 27.5 Å². The summed E-state index contributed by atoms with van der Waals surface area (Å²) in [5, 5.41) is 0.451. The smallest absolute Gasteiger partial charge is 0.241 e. The maximum Gasteiger partial charge on any atom is 0.241 e. The number of anilines is 1. The highest BCUT2D eigenvalue weighted by Crippen LogP contribution is 2.57. The van der Waals surface area contributed by atoms with Gasteiger partial charge in [-0.1, -0.05) is 63.9 Å². The number of imide groups is 1. The van der Waals surface area contributed by atoms with E-state index in [4.69, 9.17) is 16.3 Å². The predicted molar refractivity (Wildman–Crippen MR) is 127 cm³/mol. The van der Waals surface area contributed by atoms with Gasteiger partial charge in [-0.25, -0.2) is 4.90 Å². The van der Waals surface area contributed by atoms with Gasteiger partial charge >= 0.3 is 0 Å². The van der Waals surface area contributed by atoms with Gasteiger partial charge in [-0.2, -0.15) is 0 Å². The van der Waals surface area contributed by atoms with Crippen molar-refractivity contribution in [1.29, 1.82) is 0 Å². The molecule has 1 aliphatic carbocycles. The lowest BCUT2D eigenvalue weighted by Gasteiger charge is -2.27. The first-order valence-corrected chi connectivity index (χ1v) is 11.8. The first-order valence-electron chi connectivity index (χ1n) is 10.6. The highest BCUT2D eigenvalue weighted by Gasteiger charge is 2.74. The quantitative estimate of drug-likeness (QED) is 0.347. The average molecular weight is 537 g/mol. The second-order valence-electron chi connectivity index (χ2n) is 8.52. The predicted octanol–water partition coefficient (Wildman–Crippen LogP) is 4.80. The number of rotatable bonds is 2. The largest absolute Gasteiger partial charge is 0.349 e. The molecule has 34 heavy (non-hydrogen) atoms. The zero-order valence-corrected chi connectivity index (χ0v) is 19.7. The molecule has 6 rings (SSSR count). The van der Waals surface area contributed by atoms with Gasteiger partial charge in [-0.05, 0) is 42.0 Å². The summed E-state index contributed by atoms with van der Waals surface area (Å²) in [6, 6.07) is 19.8. The van der Waals surface area contributed by atoms with E-state index in [0.717, 1.165) is 9.37 Å². The molecule has 3 aromatic rings. The summed E-state index contributed by atoms with van der Waals surface area (Å²) in [4.78, 5) is 55.9. The van der Waals surface area contributed by atoms with E-state index in [-0.39, 0.29) is 11.1 Å². The Kier molecular flexibility index (Phi) is 4.68. The van der Waals surface area contributed by atoms with Crippen molar-refractivity contribution in [3.63, 3.8) is 0 Å². The molecule has 2 heterocycles. The first kappa shape index (κ1) is 21.4. The molecule has 6 nitrogen and oxygen atoms in total. The lowest BCUT2D eigenvalue weighted by Crippen LogP contribution is -2.51. The van der Waals surface area contributed by atoms with Crippen molar-refractivity contribution in [2.24, 2.45) is 11.8 Å². The molecule has 8 heteroatoms. The third kappa shape index (κ3) is 2.72. The number of ether oxygens (including phenoxy) is 1. The van der Waals surface area contributed by atoms with Crippen LogP contribution in [-0.2, 0) is 14.3 Å². The fourth-order valence-corrected chi connectivity index (χ4v) is 5.71. The maximum atomic E-state index is 13.8. The molecule has 0 radical (unpaired) electrons. The van der Waals surface area contributed by atoms with E-state index in [0.29, 0.717) is 16.3 Å². The number of Topliss-reactive ketones (excluding diaryl/α,β-unsaturated/α-hetero) is 2. The van der Waals surface area contributed by atoms with Crippen LogP contribution in [0.5, 0.6) is 0 Å². The van der Waals surface area contributed by atoms with Crippen LogP contribution in [0, 0.1) is 11.8 Å². The molecular weight excluding hydrogens is 522 g/mol. The zero-order chi connectivity index (χ0) is 23.8. The SMILES string of the molecule is O=C1[C@@H]2[C@@H](c3ccc(Br)cc3)OC3(C(=O)c4ccccc4C3=O)[C@H]2C(=O)N1c1ccc(Cl)cc1. The van der Waals surface area contributed by atoms with Gasteiger partial charge < -0.3 is 4.74 Å². The van der Waals surface area contributed by atoms with E-state index in [1.165, 1.54) is 0 Å². The van der Waals surface area contributed by atoms with E-state index in [9.17, 15) is 19.2 Å². The summed E-state index contributed by atoms with van der Waals surface area (Å²) in [5.74, 6) is -4.63. The maximum absolute atomic E-state index is 13.8. The third-order valence-corrected chi connectivity index (χ3v) is 7.58. The Morgan fingerprint density at radius 3 is 1.97 bits per heavy atom. The summed E-state index contributed by atoms with van der Waals surface area (Å²) < 4.78 is 7.07.